The first-order chi connectivity index (χ1) is 22.4. The predicted octanol–water partition coefficient (Wildman–Crippen LogP) is 4.88. The molecule has 0 unspecified atom stereocenters. The molecule has 7 rings (SSSR count). The van der Waals surface area contributed by atoms with Crippen molar-refractivity contribution in [3.05, 3.63) is 112 Å². The first-order valence-electron chi connectivity index (χ1n) is 16.0. The molecule has 0 radical (unpaired) electrons. The maximum absolute atomic E-state index is 14.1. The van der Waals surface area contributed by atoms with Gasteiger partial charge in [-0.15, -0.1) is 11.3 Å². The van der Waals surface area contributed by atoms with Gasteiger partial charge in [0.2, 0.25) is 5.91 Å². The number of aromatic nitrogens is 4. The maximum atomic E-state index is 14.1. The molecule has 0 aliphatic carbocycles. The van der Waals surface area contributed by atoms with E-state index in [2.05, 4.69) is 32.0 Å². The zero-order valence-corrected chi connectivity index (χ0v) is 26.8. The van der Waals surface area contributed by atoms with E-state index in [1.165, 1.54) is 21.5 Å². The van der Waals surface area contributed by atoms with Gasteiger partial charge in [-0.05, 0) is 43.9 Å². The van der Waals surface area contributed by atoms with E-state index in [1.54, 1.807) is 18.7 Å². The van der Waals surface area contributed by atoms with E-state index in [9.17, 15) is 14.7 Å². The van der Waals surface area contributed by atoms with Crippen LogP contribution in [0.1, 0.15) is 42.1 Å². The summed E-state index contributed by atoms with van der Waals surface area (Å²) in [6, 6.07) is 20.3. The second kappa shape index (κ2) is 12.9. The van der Waals surface area contributed by atoms with E-state index in [-0.39, 0.29) is 29.8 Å². The van der Waals surface area contributed by atoms with Crippen molar-refractivity contribution in [2.75, 3.05) is 26.2 Å². The van der Waals surface area contributed by atoms with Crippen LogP contribution in [0, 0.1) is 12.8 Å². The molecular formula is C36H38N6O3S. The van der Waals surface area contributed by atoms with Crippen LogP contribution in [0.2, 0.25) is 0 Å². The Morgan fingerprint density at radius 3 is 2.43 bits per heavy atom. The van der Waals surface area contributed by atoms with Gasteiger partial charge in [-0.2, -0.15) is 0 Å². The van der Waals surface area contributed by atoms with Crippen LogP contribution in [0.4, 0.5) is 0 Å². The molecular weight excluding hydrogens is 597 g/mol. The Hall–Kier alpha value is -4.25. The quantitative estimate of drug-likeness (QED) is 0.272. The Balaban J connectivity index is 1.03. The summed E-state index contributed by atoms with van der Waals surface area (Å²) in [5, 5.41) is 14.0. The fourth-order valence-electron chi connectivity index (χ4n) is 7.03. The minimum Gasteiger partial charge on any atom is -0.388 e. The third-order valence-electron chi connectivity index (χ3n) is 9.69. The number of rotatable bonds is 7. The lowest BCUT2D eigenvalue weighted by Crippen LogP contribution is -2.53. The van der Waals surface area contributed by atoms with Crippen LogP contribution in [0.3, 0.4) is 0 Å². The molecule has 0 saturated carbocycles. The second-order valence-electron chi connectivity index (χ2n) is 12.7. The monoisotopic (exact) mass is 634 g/mol. The van der Waals surface area contributed by atoms with Crippen molar-refractivity contribution in [3.8, 4) is 10.4 Å². The molecule has 2 saturated heterocycles. The number of piperidine rings is 2. The topological polar surface area (TPSA) is 104 Å². The summed E-state index contributed by atoms with van der Waals surface area (Å²) >= 11 is 1.51. The van der Waals surface area contributed by atoms with Crippen molar-refractivity contribution >= 4 is 28.1 Å². The highest BCUT2D eigenvalue weighted by Crippen LogP contribution is 2.36. The van der Waals surface area contributed by atoms with Crippen LogP contribution >= 0.6 is 11.3 Å². The highest BCUT2D eigenvalue weighted by Gasteiger charge is 2.41. The molecule has 5 aromatic rings. The van der Waals surface area contributed by atoms with Gasteiger partial charge < -0.3 is 10.0 Å². The van der Waals surface area contributed by atoms with E-state index < -0.39 is 5.60 Å². The Morgan fingerprint density at radius 2 is 1.70 bits per heavy atom. The van der Waals surface area contributed by atoms with Gasteiger partial charge in [-0.1, -0.05) is 60.7 Å². The van der Waals surface area contributed by atoms with Crippen molar-refractivity contribution in [2.45, 2.75) is 50.8 Å². The van der Waals surface area contributed by atoms with Crippen LogP contribution < -0.4 is 5.56 Å². The number of carbonyl (C=O) groups is 1. The van der Waals surface area contributed by atoms with Gasteiger partial charge in [0.1, 0.15) is 0 Å². The van der Waals surface area contributed by atoms with Crippen LogP contribution in [0.25, 0.3) is 21.3 Å². The molecule has 0 spiro atoms. The molecule has 2 fully saturated rings. The standard InChI is InChI=1S/C36H38N6O3S/c1-25-31(38-16-15-37-25)21-40-17-12-28(29(20-40)26-8-4-2-5-9-26)34(43)41-18-13-36(45,14-19-41)23-42-24-39-32-30(35(42)44)22-46-33(32)27-10-6-3-7-11-27/h2-11,15-16,22,24,28-29,45H,12-14,17-21,23H2,1H3/t28-,29+/m1/s1. The van der Waals surface area contributed by atoms with Gasteiger partial charge in [0.15, 0.2) is 0 Å². The van der Waals surface area contributed by atoms with Crippen molar-refractivity contribution in [1.82, 2.24) is 29.3 Å². The van der Waals surface area contributed by atoms with Gasteiger partial charge >= 0.3 is 0 Å². The first kappa shape index (κ1) is 30.4. The first-order valence-corrected chi connectivity index (χ1v) is 16.8. The van der Waals surface area contributed by atoms with Gasteiger partial charge in [0.05, 0.1) is 45.6 Å². The molecule has 2 aliphatic heterocycles. The molecule has 5 heterocycles. The Labute approximate surface area is 272 Å². The minimum atomic E-state index is -1.09. The van der Waals surface area contributed by atoms with Crippen LogP contribution in [0.15, 0.2) is 89.6 Å². The lowest BCUT2D eigenvalue weighted by Gasteiger charge is -2.43. The minimum absolute atomic E-state index is 0.0583. The third kappa shape index (κ3) is 6.12. The van der Waals surface area contributed by atoms with Gasteiger partial charge in [-0.3, -0.25) is 29.0 Å². The molecule has 236 valence electrons. The molecule has 9 nitrogen and oxygen atoms in total. The summed E-state index contributed by atoms with van der Waals surface area (Å²) in [6.45, 7) is 5.33. The second-order valence-corrected chi connectivity index (χ2v) is 13.5. The summed E-state index contributed by atoms with van der Waals surface area (Å²) < 4.78 is 1.53. The largest absolute Gasteiger partial charge is 0.388 e. The molecule has 46 heavy (non-hydrogen) atoms. The van der Waals surface area contributed by atoms with E-state index in [0.717, 1.165) is 41.3 Å². The number of hydrogen-bond acceptors (Lipinski definition) is 8. The van der Waals surface area contributed by atoms with Gasteiger partial charge in [0.25, 0.3) is 5.56 Å². The molecule has 2 atom stereocenters. The number of aryl methyl sites for hydroxylation is 1. The van der Waals surface area contributed by atoms with Gasteiger partial charge in [0, 0.05) is 55.8 Å². The van der Waals surface area contributed by atoms with Crippen LogP contribution in [-0.4, -0.2) is 72.1 Å². The lowest BCUT2D eigenvalue weighted by atomic mass is 9.79. The summed E-state index contributed by atoms with van der Waals surface area (Å²) in [5.41, 5.74) is 3.55. The zero-order valence-electron chi connectivity index (χ0n) is 26.0. The molecule has 1 N–H and O–H groups in total. The number of aliphatic hydroxyl groups is 1. The highest BCUT2D eigenvalue weighted by molar-refractivity contribution is 7.15. The summed E-state index contributed by atoms with van der Waals surface area (Å²) in [6.07, 6.45) is 6.58. The van der Waals surface area contributed by atoms with Crippen molar-refractivity contribution < 1.29 is 9.90 Å². The van der Waals surface area contributed by atoms with E-state index >= 15 is 0 Å². The van der Waals surface area contributed by atoms with E-state index in [1.807, 2.05) is 65.7 Å². The fraction of sp³-hybridized carbons (Fsp3) is 0.361. The Kier molecular flexibility index (Phi) is 8.50. The average molecular weight is 635 g/mol. The maximum Gasteiger partial charge on any atom is 0.262 e. The van der Waals surface area contributed by atoms with E-state index in [4.69, 9.17) is 0 Å². The highest BCUT2D eigenvalue weighted by atomic mass is 32.1. The smallest absolute Gasteiger partial charge is 0.262 e. The number of carbonyl (C=O) groups excluding carboxylic acids is 1. The SMILES string of the molecule is Cc1nccnc1CN1CC[C@@H](C(=O)N2CCC(O)(Cn3cnc4c(-c5ccccc5)scc4c3=O)CC2)[C@H](c2ccccc2)C1. The Bertz CT molecular complexity index is 1880. The van der Waals surface area contributed by atoms with Crippen molar-refractivity contribution in [3.63, 3.8) is 0 Å². The summed E-state index contributed by atoms with van der Waals surface area (Å²) in [5.74, 6) is 0.0700. The zero-order chi connectivity index (χ0) is 31.7. The van der Waals surface area contributed by atoms with Crippen LogP contribution in [-0.2, 0) is 17.9 Å². The third-order valence-corrected chi connectivity index (χ3v) is 10.7. The predicted molar refractivity (Wildman–Crippen MR) is 179 cm³/mol. The number of benzene rings is 2. The molecule has 2 aliphatic rings. The molecule has 2 aromatic carbocycles. The van der Waals surface area contributed by atoms with Crippen molar-refractivity contribution in [1.29, 1.82) is 0 Å². The number of fused-ring (bicyclic) bond motifs is 1. The summed E-state index contributed by atoms with van der Waals surface area (Å²) in [7, 11) is 0. The normalized spacial score (nSPS) is 20.2. The Morgan fingerprint density at radius 1 is 0.978 bits per heavy atom. The van der Waals surface area contributed by atoms with Crippen LogP contribution in [0.5, 0.6) is 0 Å². The average Bonchev–Trinajstić information content (AvgIpc) is 3.53. The molecule has 1 amide bonds. The lowest BCUT2D eigenvalue weighted by molar-refractivity contribution is -0.142. The number of amides is 1. The fourth-order valence-corrected chi connectivity index (χ4v) is 8.02. The number of thiophene rings is 1. The number of likely N-dealkylation sites (tertiary alicyclic amines) is 2. The molecule has 10 heteroatoms. The van der Waals surface area contributed by atoms with E-state index in [0.29, 0.717) is 43.4 Å². The molecule has 0 bridgehead atoms. The number of nitrogens with zero attached hydrogens (tertiary/aromatic N) is 6. The van der Waals surface area contributed by atoms with Gasteiger partial charge in [-0.25, -0.2) is 4.98 Å². The molecule has 3 aromatic heterocycles. The number of hydrogen-bond donors (Lipinski definition) is 1. The summed E-state index contributed by atoms with van der Waals surface area (Å²) in [4.78, 5) is 46.4. The van der Waals surface area contributed by atoms with Crippen molar-refractivity contribution in [2.24, 2.45) is 5.92 Å².